The minimum atomic E-state index is -0.00707. The summed E-state index contributed by atoms with van der Waals surface area (Å²) in [4.78, 5) is 13.5. The Labute approximate surface area is 154 Å². The van der Waals surface area contributed by atoms with Crippen LogP contribution < -0.4 is 5.32 Å². The van der Waals surface area contributed by atoms with Crippen LogP contribution in [0.25, 0.3) is 11.3 Å². The molecule has 26 heavy (non-hydrogen) atoms. The molecule has 138 valence electrons. The standard InChI is InChI=1S/C20H26N4O2/c1-14-5-6-16(13-22-14)18-7-8-21-20(24-18)23-17-4-2-3-15(11-17)12-19-25-9-10-26-19/h5-8,13,15,17,19H,2-4,9-12H2,1H3,(H,21,23,24). The van der Waals surface area contributed by atoms with Crippen molar-refractivity contribution in [1.29, 1.82) is 0 Å². The molecule has 0 amide bonds. The van der Waals surface area contributed by atoms with Crippen LogP contribution in [0.1, 0.15) is 37.8 Å². The molecule has 1 aliphatic carbocycles. The minimum Gasteiger partial charge on any atom is -0.351 e. The summed E-state index contributed by atoms with van der Waals surface area (Å²) < 4.78 is 11.2. The summed E-state index contributed by atoms with van der Waals surface area (Å²) in [6.07, 6.45) is 9.39. The summed E-state index contributed by atoms with van der Waals surface area (Å²) in [5.41, 5.74) is 2.91. The second-order valence-electron chi connectivity index (χ2n) is 7.23. The summed E-state index contributed by atoms with van der Waals surface area (Å²) in [5.74, 6) is 1.33. The van der Waals surface area contributed by atoms with Crippen molar-refractivity contribution >= 4 is 5.95 Å². The van der Waals surface area contributed by atoms with Crippen molar-refractivity contribution < 1.29 is 9.47 Å². The number of nitrogens with one attached hydrogen (secondary N) is 1. The van der Waals surface area contributed by atoms with Crippen LogP contribution in [-0.2, 0) is 9.47 Å². The lowest BCUT2D eigenvalue weighted by atomic mass is 9.83. The third-order valence-electron chi connectivity index (χ3n) is 5.20. The van der Waals surface area contributed by atoms with Crippen LogP contribution in [0.4, 0.5) is 5.95 Å². The molecule has 2 aromatic heterocycles. The molecule has 6 heteroatoms. The molecule has 2 unspecified atom stereocenters. The Morgan fingerprint density at radius 1 is 1.12 bits per heavy atom. The smallest absolute Gasteiger partial charge is 0.223 e. The topological polar surface area (TPSA) is 69.2 Å². The van der Waals surface area contributed by atoms with Crippen LogP contribution in [0.3, 0.4) is 0 Å². The number of aryl methyl sites for hydroxylation is 1. The zero-order valence-electron chi connectivity index (χ0n) is 15.2. The molecule has 2 aliphatic rings. The van der Waals surface area contributed by atoms with E-state index in [4.69, 9.17) is 9.47 Å². The largest absolute Gasteiger partial charge is 0.351 e. The third-order valence-corrected chi connectivity index (χ3v) is 5.20. The van der Waals surface area contributed by atoms with Crippen LogP contribution in [0.15, 0.2) is 30.6 Å². The SMILES string of the molecule is Cc1ccc(-c2ccnc(NC3CCCC(CC4OCCO4)C3)n2)cn1. The fourth-order valence-corrected chi connectivity index (χ4v) is 3.84. The molecular formula is C20H26N4O2. The highest BCUT2D eigenvalue weighted by Crippen LogP contribution is 2.31. The number of hydrogen-bond acceptors (Lipinski definition) is 6. The number of anilines is 1. The molecule has 2 fully saturated rings. The highest BCUT2D eigenvalue weighted by Gasteiger charge is 2.27. The Morgan fingerprint density at radius 3 is 2.81 bits per heavy atom. The second kappa shape index (κ2) is 8.10. The van der Waals surface area contributed by atoms with E-state index in [-0.39, 0.29) is 6.29 Å². The Morgan fingerprint density at radius 2 is 2.00 bits per heavy atom. The van der Waals surface area contributed by atoms with Gasteiger partial charge in [0.05, 0.1) is 18.9 Å². The molecule has 6 nitrogen and oxygen atoms in total. The predicted octanol–water partition coefficient (Wildman–Crippen LogP) is 3.58. The fraction of sp³-hybridized carbons (Fsp3) is 0.550. The van der Waals surface area contributed by atoms with Crippen LogP contribution in [0.5, 0.6) is 0 Å². The zero-order valence-corrected chi connectivity index (χ0v) is 15.2. The number of nitrogens with zero attached hydrogens (tertiary/aromatic N) is 3. The molecule has 4 rings (SSSR count). The van der Waals surface area contributed by atoms with Crippen LogP contribution in [0.2, 0.25) is 0 Å². The molecule has 1 N–H and O–H groups in total. The van der Waals surface area contributed by atoms with E-state index in [2.05, 4.69) is 20.3 Å². The highest BCUT2D eigenvalue weighted by molar-refractivity contribution is 5.58. The summed E-state index contributed by atoms with van der Waals surface area (Å²) in [6.45, 7) is 3.44. The van der Waals surface area contributed by atoms with E-state index >= 15 is 0 Å². The maximum absolute atomic E-state index is 5.61. The van der Waals surface area contributed by atoms with Gasteiger partial charge in [0, 0.05) is 36.1 Å². The quantitative estimate of drug-likeness (QED) is 0.885. The molecule has 0 radical (unpaired) electrons. The molecule has 2 aromatic rings. The number of rotatable bonds is 5. The molecule has 0 spiro atoms. The number of ether oxygens (including phenoxy) is 2. The molecule has 1 aliphatic heterocycles. The number of aromatic nitrogens is 3. The van der Waals surface area contributed by atoms with Gasteiger partial charge in [0.15, 0.2) is 6.29 Å². The summed E-state index contributed by atoms with van der Waals surface area (Å²) in [6, 6.07) is 6.38. The first-order chi connectivity index (χ1) is 12.8. The van der Waals surface area contributed by atoms with Gasteiger partial charge in [-0.2, -0.15) is 0 Å². The van der Waals surface area contributed by atoms with E-state index in [1.807, 2.05) is 37.5 Å². The van der Waals surface area contributed by atoms with E-state index in [0.29, 0.717) is 17.9 Å². The maximum atomic E-state index is 5.61. The van der Waals surface area contributed by atoms with E-state index in [9.17, 15) is 0 Å². The van der Waals surface area contributed by atoms with Gasteiger partial charge in [0.2, 0.25) is 5.95 Å². The Balaban J connectivity index is 1.38. The van der Waals surface area contributed by atoms with Gasteiger partial charge in [0.1, 0.15) is 0 Å². The molecule has 2 atom stereocenters. The molecule has 0 aromatic carbocycles. The Kier molecular flexibility index (Phi) is 5.41. The monoisotopic (exact) mass is 354 g/mol. The molecular weight excluding hydrogens is 328 g/mol. The lowest BCUT2D eigenvalue weighted by molar-refractivity contribution is -0.0599. The van der Waals surface area contributed by atoms with E-state index in [0.717, 1.165) is 49.4 Å². The van der Waals surface area contributed by atoms with Gasteiger partial charge in [-0.15, -0.1) is 0 Å². The van der Waals surface area contributed by atoms with Crippen molar-refractivity contribution in [3.8, 4) is 11.3 Å². The van der Waals surface area contributed by atoms with Crippen molar-refractivity contribution in [2.75, 3.05) is 18.5 Å². The van der Waals surface area contributed by atoms with Crippen molar-refractivity contribution in [2.24, 2.45) is 5.92 Å². The molecule has 1 saturated heterocycles. The number of hydrogen-bond donors (Lipinski definition) is 1. The van der Waals surface area contributed by atoms with Crippen LogP contribution in [-0.4, -0.2) is 40.5 Å². The van der Waals surface area contributed by atoms with Gasteiger partial charge in [-0.25, -0.2) is 9.97 Å². The van der Waals surface area contributed by atoms with E-state index in [1.54, 1.807) is 0 Å². The maximum Gasteiger partial charge on any atom is 0.223 e. The van der Waals surface area contributed by atoms with Gasteiger partial charge in [-0.3, -0.25) is 4.98 Å². The Bertz CT molecular complexity index is 716. The van der Waals surface area contributed by atoms with Crippen molar-refractivity contribution in [3.05, 3.63) is 36.3 Å². The van der Waals surface area contributed by atoms with Crippen molar-refractivity contribution in [3.63, 3.8) is 0 Å². The van der Waals surface area contributed by atoms with E-state index in [1.165, 1.54) is 12.8 Å². The highest BCUT2D eigenvalue weighted by atomic mass is 16.7. The molecule has 1 saturated carbocycles. The summed E-state index contributed by atoms with van der Waals surface area (Å²) >= 11 is 0. The summed E-state index contributed by atoms with van der Waals surface area (Å²) in [7, 11) is 0. The van der Waals surface area contributed by atoms with E-state index < -0.39 is 0 Å². The molecule has 0 bridgehead atoms. The lowest BCUT2D eigenvalue weighted by Crippen LogP contribution is -2.30. The van der Waals surface area contributed by atoms with Gasteiger partial charge in [-0.1, -0.05) is 12.8 Å². The fourth-order valence-electron chi connectivity index (χ4n) is 3.84. The first kappa shape index (κ1) is 17.4. The zero-order chi connectivity index (χ0) is 17.8. The normalized spacial score (nSPS) is 23.9. The second-order valence-corrected chi connectivity index (χ2v) is 7.23. The van der Waals surface area contributed by atoms with Gasteiger partial charge in [-0.05, 0) is 43.9 Å². The third kappa shape index (κ3) is 4.37. The average Bonchev–Trinajstić information content (AvgIpc) is 3.16. The first-order valence-electron chi connectivity index (χ1n) is 9.52. The van der Waals surface area contributed by atoms with Crippen molar-refractivity contribution in [1.82, 2.24) is 15.0 Å². The van der Waals surface area contributed by atoms with Gasteiger partial charge < -0.3 is 14.8 Å². The number of pyridine rings is 1. The average molecular weight is 354 g/mol. The minimum absolute atomic E-state index is 0.00707. The van der Waals surface area contributed by atoms with Crippen molar-refractivity contribution in [2.45, 2.75) is 51.4 Å². The predicted molar refractivity (Wildman–Crippen MR) is 99.7 cm³/mol. The first-order valence-corrected chi connectivity index (χ1v) is 9.52. The lowest BCUT2D eigenvalue weighted by Gasteiger charge is -2.30. The summed E-state index contributed by atoms with van der Waals surface area (Å²) in [5, 5.41) is 3.53. The van der Waals surface area contributed by atoms with Gasteiger partial charge >= 0.3 is 0 Å². The van der Waals surface area contributed by atoms with Crippen LogP contribution in [0, 0.1) is 12.8 Å². The molecule has 3 heterocycles. The van der Waals surface area contributed by atoms with Gasteiger partial charge in [0.25, 0.3) is 0 Å². The Hall–Kier alpha value is -2.05. The van der Waals surface area contributed by atoms with Crippen LogP contribution >= 0.6 is 0 Å².